The van der Waals surface area contributed by atoms with Crippen molar-refractivity contribution in [3.63, 3.8) is 0 Å². The number of phenolic OH excluding ortho intramolecular Hbond substituents is 1. The lowest BCUT2D eigenvalue weighted by Crippen LogP contribution is -1.96. The molecule has 3 nitrogen and oxygen atoms in total. The molecule has 1 N–H and O–H groups in total. The maximum absolute atomic E-state index is 12.5. The zero-order valence-corrected chi connectivity index (χ0v) is 14.7. The number of carbonyl (C=O) groups excluding carboxylic acids is 1. The predicted octanol–water partition coefficient (Wildman–Crippen LogP) is 5.03. The van der Waals surface area contributed by atoms with E-state index in [1.54, 1.807) is 30.3 Å². The molecular formula is C18H14BrClO3. The molecule has 23 heavy (non-hydrogen) atoms. The molecule has 0 bridgehead atoms. The second-order valence-corrected chi connectivity index (χ2v) is 6.49. The Bertz CT molecular complexity index is 827. The van der Waals surface area contributed by atoms with Gasteiger partial charge >= 0.3 is 0 Å². The van der Waals surface area contributed by atoms with E-state index in [2.05, 4.69) is 15.9 Å². The molecule has 118 valence electrons. The fourth-order valence-electron chi connectivity index (χ4n) is 2.66. The summed E-state index contributed by atoms with van der Waals surface area (Å²) in [6.45, 7) is 2.29. The Hall–Kier alpha value is -1.78. The van der Waals surface area contributed by atoms with Crippen molar-refractivity contribution in [2.45, 2.75) is 13.3 Å². The van der Waals surface area contributed by atoms with Gasteiger partial charge in [0.05, 0.1) is 11.1 Å². The summed E-state index contributed by atoms with van der Waals surface area (Å²) in [5, 5.41) is 10.6. The third kappa shape index (κ3) is 3.01. The first-order chi connectivity index (χ1) is 11.0. The Morgan fingerprint density at radius 2 is 2.17 bits per heavy atom. The largest absolute Gasteiger partial charge is 0.503 e. The molecule has 0 radical (unpaired) electrons. The van der Waals surface area contributed by atoms with Gasteiger partial charge in [-0.15, -0.1) is 0 Å². The van der Waals surface area contributed by atoms with Crippen LogP contribution in [0.2, 0.25) is 5.02 Å². The SMILES string of the molecule is CCOc1cc(/C=C2/Cc3c(Cl)cccc3C2=O)cc(Br)c1O. The number of ketones is 1. The molecule has 0 atom stereocenters. The van der Waals surface area contributed by atoms with Crippen LogP contribution in [0.15, 0.2) is 40.4 Å². The number of aromatic hydroxyl groups is 1. The van der Waals surface area contributed by atoms with Crippen LogP contribution in [0.4, 0.5) is 0 Å². The molecule has 0 saturated carbocycles. The predicted molar refractivity (Wildman–Crippen MR) is 94.4 cm³/mol. The third-order valence-electron chi connectivity index (χ3n) is 3.71. The van der Waals surface area contributed by atoms with Gasteiger partial charge in [-0.3, -0.25) is 4.79 Å². The van der Waals surface area contributed by atoms with Crippen molar-refractivity contribution in [2.24, 2.45) is 0 Å². The Morgan fingerprint density at radius 1 is 1.39 bits per heavy atom. The number of benzene rings is 2. The summed E-state index contributed by atoms with van der Waals surface area (Å²) in [7, 11) is 0. The van der Waals surface area contributed by atoms with E-state index in [9.17, 15) is 9.90 Å². The van der Waals surface area contributed by atoms with E-state index < -0.39 is 0 Å². The second kappa shape index (κ2) is 6.38. The van der Waals surface area contributed by atoms with Crippen LogP contribution in [0.5, 0.6) is 11.5 Å². The molecule has 0 aromatic heterocycles. The van der Waals surface area contributed by atoms with E-state index in [4.69, 9.17) is 16.3 Å². The minimum Gasteiger partial charge on any atom is -0.503 e. The zero-order chi connectivity index (χ0) is 16.6. The fourth-order valence-corrected chi connectivity index (χ4v) is 3.36. The molecule has 0 fully saturated rings. The topological polar surface area (TPSA) is 46.5 Å². The summed E-state index contributed by atoms with van der Waals surface area (Å²) >= 11 is 9.48. The molecule has 0 unspecified atom stereocenters. The lowest BCUT2D eigenvalue weighted by Gasteiger charge is -2.09. The first kappa shape index (κ1) is 16.1. The average Bonchev–Trinajstić information content (AvgIpc) is 2.83. The molecule has 1 aliphatic rings. The Labute approximate surface area is 147 Å². The smallest absolute Gasteiger partial charge is 0.189 e. The number of ether oxygens (including phenoxy) is 1. The van der Waals surface area contributed by atoms with Gasteiger partial charge in [-0.2, -0.15) is 0 Å². The molecule has 3 rings (SSSR count). The minimum atomic E-state index is -0.00958. The minimum absolute atomic E-state index is 0.00958. The van der Waals surface area contributed by atoms with Gasteiger partial charge in [0.25, 0.3) is 0 Å². The van der Waals surface area contributed by atoms with Gasteiger partial charge < -0.3 is 9.84 Å². The van der Waals surface area contributed by atoms with Crippen molar-refractivity contribution in [3.8, 4) is 11.5 Å². The lowest BCUT2D eigenvalue weighted by atomic mass is 10.1. The fraction of sp³-hybridized carbons (Fsp3) is 0.167. The van der Waals surface area contributed by atoms with Crippen molar-refractivity contribution in [1.82, 2.24) is 0 Å². The number of Topliss-reactive ketones (excluding diaryl/α,β-unsaturated/α-hetero) is 1. The molecule has 0 amide bonds. The number of rotatable bonds is 3. The second-order valence-electron chi connectivity index (χ2n) is 5.22. The molecule has 1 aliphatic carbocycles. The van der Waals surface area contributed by atoms with Gasteiger partial charge in [-0.05, 0) is 58.3 Å². The van der Waals surface area contributed by atoms with Crippen LogP contribution >= 0.6 is 27.5 Å². The molecule has 5 heteroatoms. The van der Waals surface area contributed by atoms with Crippen molar-refractivity contribution >= 4 is 39.4 Å². The van der Waals surface area contributed by atoms with Crippen molar-refractivity contribution in [3.05, 3.63) is 62.1 Å². The number of halogens is 2. The lowest BCUT2D eigenvalue weighted by molar-refractivity contribution is 0.104. The number of fused-ring (bicyclic) bond motifs is 1. The summed E-state index contributed by atoms with van der Waals surface area (Å²) in [5.74, 6) is 0.428. The molecule has 2 aromatic carbocycles. The Balaban J connectivity index is 2.01. The number of hydrogen-bond acceptors (Lipinski definition) is 3. The van der Waals surface area contributed by atoms with Gasteiger partial charge in [-0.1, -0.05) is 23.7 Å². The van der Waals surface area contributed by atoms with Crippen LogP contribution in [0.1, 0.15) is 28.4 Å². The van der Waals surface area contributed by atoms with Crippen LogP contribution in [0.3, 0.4) is 0 Å². The molecular weight excluding hydrogens is 380 g/mol. The first-order valence-corrected chi connectivity index (χ1v) is 8.36. The maximum atomic E-state index is 12.5. The number of hydrogen-bond donors (Lipinski definition) is 1. The standard InChI is InChI=1S/C18H14BrClO3/c1-2-23-16-8-10(7-14(19)18(16)22)6-11-9-13-12(17(11)21)4-3-5-15(13)20/h3-8,22H,2,9H2,1H3/b11-6-. The summed E-state index contributed by atoms with van der Waals surface area (Å²) in [5.41, 5.74) is 2.98. The van der Waals surface area contributed by atoms with E-state index in [0.29, 0.717) is 39.4 Å². The molecule has 0 heterocycles. The highest BCUT2D eigenvalue weighted by molar-refractivity contribution is 9.10. The molecule has 2 aromatic rings. The van der Waals surface area contributed by atoms with Crippen molar-refractivity contribution in [1.29, 1.82) is 0 Å². The van der Waals surface area contributed by atoms with Crippen LogP contribution in [-0.2, 0) is 6.42 Å². The monoisotopic (exact) mass is 392 g/mol. The van der Waals surface area contributed by atoms with Crippen LogP contribution in [0.25, 0.3) is 6.08 Å². The maximum Gasteiger partial charge on any atom is 0.189 e. The van der Waals surface area contributed by atoms with Crippen LogP contribution < -0.4 is 4.74 Å². The third-order valence-corrected chi connectivity index (χ3v) is 4.67. The van der Waals surface area contributed by atoms with Gasteiger partial charge in [-0.25, -0.2) is 0 Å². The first-order valence-electron chi connectivity index (χ1n) is 7.19. The normalized spacial score (nSPS) is 15.1. The van der Waals surface area contributed by atoms with Crippen LogP contribution in [0, 0.1) is 0 Å². The quantitative estimate of drug-likeness (QED) is 0.744. The van der Waals surface area contributed by atoms with E-state index in [1.807, 2.05) is 13.0 Å². The Morgan fingerprint density at radius 3 is 2.87 bits per heavy atom. The van der Waals surface area contributed by atoms with E-state index >= 15 is 0 Å². The highest BCUT2D eigenvalue weighted by atomic mass is 79.9. The summed E-state index contributed by atoms with van der Waals surface area (Å²) in [6, 6.07) is 8.84. The van der Waals surface area contributed by atoms with Gasteiger partial charge in [0, 0.05) is 22.6 Å². The van der Waals surface area contributed by atoms with Crippen molar-refractivity contribution in [2.75, 3.05) is 6.61 Å². The number of allylic oxidation sites excluding steroid dienone is 1. The summed E-state index contributed by atoms with van der Waals surface area (Å²) < 4.78 is 5.94. The van der Waals surface area contributed by atoms with E-state index in [1.165, 1.54) is 0 Å². The van der Waals surface area contributed by atoms with E-state index in [0.717, 1.165) is 11.1 Å². The molecule has 0 aliphatic heterocycles. The summed E-state index contributed by atoms with van der Waals surface area (Å²) in [6.07, 6.45) is 2.32. The Kier molecular flexibility index (Phi) is 4.46. The van der Waals surface area contributed by atoms with Gasteiger partial charge in [0.1, 0.15) is 0 Å². The van der Waals surface area contributed by atoms with Gasteiger partial charge in [0.15, 0.2) is 17.3 Å². The van der Waals surface area contributed by atoms with Crippen LogP contribution in [-0.4, -0.2) is 17.5 Å². The number of carbonyl (C=O) groups is 1. The highest BCUT2D eigenvalue weighted by Gasteiger charge is 2.26. The zero-order valence-electron chi connectivity index (χ0n) is 12.4. The van der Waals surface area contributed by atoms with Gasteiger partial charge in [0.2, 0.25) is 0 Å². The van der Waals surface area contributed by atoms with E-state index in [-0.39, 0.29) is 11.5 Å². The highest BCUT2D eigenvalue weighted by Crippen LogP contribution is 2.37. The number of phenols is 1. The average molecular weight is 394 g/mol. The molecule has 0 saturated heterocycles. The van der Waals surface area contributed by atoms with Crippen molar-refractivity contribution < 1.29 is 14.6 Å². The molecule has 0 spiro atoms. The summed E-state index contributed by atoms with van der Waals surface area (Å²) in [4.78, 5) is 12.5.